The maximum atomic E-state index is 10.8. The molecule has 0 radical (unpaired) electrons. The molecule has 1 atom stereocenters. The van der Waals surface area contributed by atoms with Crippen LogP contribution in [0.5, 0.6) is 0 Å². The Kier molecular flexibility index (Phi) is 5.43. The molecule has 0 N–H and O–H groups in total. The number of benzene rings is 1. The molecule has 1 heterocycles. The highest BCUT2D eigenvalue weighted by atomic mass is 35.7. The quantitative estimate of drug-likeness (QED) is 0.566. The van der Waals surface area contributed by atoms with Gasteiger partial charge in [0.25, 0.3) is 0 Å². The Hall–Kier alpha value is -0.190. The van der Waals surface area contributed by atoms with Gasteiger partial charge in [0.15, 0.2) is 15.6 Å². The van der Waals surface area contributed by atoms with E-state index in [1.807, 2.05) is 30.3 Å². The van der Waals surface area contributed by atoms with E-state index in [-0.39, 0.29) is 0 Å². The smallest absolute Gasteiger partial charge is 0.190 e. The Balaban J connectivity index is 2.38. The van der Waals surface area contributed by atoms with E-state index in [0.29, 0.717) is 9.96 Å². The maximum Gasteiger partial charge on any atom is 0.190 e. The lowest BCUT2D eigenvalue weighted by molar-refractivity contribution is -1.91. The molecule has 1 aliphatic heterocycles. The van der Waals surface area contributed by atoms with Crippen LogP contribution >= 0.6 is 32.4 Å². The van der Waals surface area contributed by atoms with Gasteiger partial charge < -0.3 is 4.74 Å². The molecule has 1 aliphatic rings. The van der Waals surface area contributed by atoms with Gasteiger partial charge in [-0.3, -0.25) is 0 Å². The summed E-state index contributed by atoms with van der Waals surface area (Å²) in [6, 6.07) is 9.39. The lowest BCUT2D eigenvalue weighted by Crippen LogP contribution is -2.60. The first-order valence-corrected chi connectivity index (χ1v) is 10.2. The van der Waals surface area contributed by atoms with Crippen molar-refractivity contribution < 1.29 is 32.7 Å². The molecule has 110 valence electrons. The third kappa shape index (κ3) is 3.71. The average Bonchev–Trinajstić information content (AvgIpc) is 2.75. The van der Waals surface area contributed by atoms with Crippen LogP contribution in [0.4, 0.5) is 0 Å². The van der Waals surface area contributed by atoms with Gasteiger partial charge in [0.2, 0.25) is 0 Å². The third-order valence-electron chi connectivity index (χ3n) is 2.26. The standard InChI is InChI=1S/C11H11ClO5S3/c1-16-9-10(8-6-4-3-5-7-8)19-20(11(9)18-2)17-12(13,14)15/h3-7H,1-2H3. The zero-order chi connectivity index (χ0) is 14.8. The number of hydrogen-bond acceptors (Lipinski definition) is 7. The van der Waals surface area contributed by atoms with Gasteiger partial charge in [0, 0.05) is 0 Å². The molecule has 1 aromatic carbocycles. The summed E-state index contributed by atoms with van der Waals surface area (Å²) < 4.78 is 42.9. The molecule has 20 heavy (non-hydrogen) atoms. The molecule has 0 fully saturated rings. The van der Waals surface area contributed by atoms with Crippen molar-refractivity contribution in [2.75, 3.05) is 13.4 Å². The summed E-state index contributed by atoms with van der Waals surface area (Å²) in [6.45, 7) is 0. The highest BCUT2D eigenvalue weighted by molar-refractivity contribution is 8.87. The third-order valence-corrected chi connectivity index (χ3v) is 8.31. The Morgan fingerprint density at radius 3 is 2.35 bits per heavy atom. The topological polar surface area (TPSA) is 87.6 Å². The number of hydrogen-bond donors (Lipinski definition) is 0. The van der Waals surface area contributed by atoms with Crippen LogP contribution in [-0.2, 0) is 8.47 Å². The minimum atomic E-state index is -4.48. The fourth-order valence-electron chi connectivity index (χ4n) is 1.54. The lowest BCUT2D eigenvalue weighted by atomic mass is 10.2. The van der Waals surface area contributed by atoms with Crippen LogP contribution < -0.4 is 14.0 Å². The molecule has 0 aliphatic carbocycles. The zero-order valence-corrected chi connectivity index (χ0v) is 13.7. The summed E-state index contributed by atoms with van der Waals surface area (Å²) >= 11 is 1.30. The summed E-state index contributed by atoms with van der Waals surface area (Å²) in [5.41, 5.74) is 0.888. The van der Waals surface area contributed by atoms with Crippen molar-refractivity contribution in [1.29, 1.82) is 0 Å². The highest BCUT2D eigenvalue weighted by Crippen LogP contribution is 2.55. The molecular formula is C11H11ClO5S3. The summed E-state index contributed by atoms with van der Waals surface area (Å²) in [7, 11) is -3.01. The summed E-state index contributed by atoms with van der Waals surface area (Å²) in [5.74, 6) is 0.552. The summed E-state index contributed by atoms with van der Waals surface area (Å²) in [4.78, 5) is 0.764. The van der Waals surface area contributed by atoms with Crippen molar-refractivity contribution in [3.05, 3.63) is 41.7 Å². The van der Waals surface area contributed by atoms with E-state index in [9.17, 15) is 14.0 Å². The van der Waals surface area contributed by atoms with E-state index in [0.717, 1.165) is 10.5 Å². The number of rotatable bonds is 4. The van der Waals surface area contributed by atoms with Crippen LogP contribution in [0.3, 0.4) is 0 Å². The van der Waals surface area contributed by atoms with Gasteiger partial charge in [-0.05, 0) is 22.6 Å². The van der Waals surface area contributed by atoms with Gasteiger partial charge in [0.05, 0.1) is 22.3 Å². The Morgan fingerprint density at radius 1 is 1.20 bits per heavy atom. The van der Waals surface area contributed by atoms with Gasteiger partial charge in [-0.2, -0.15) is 14.0 Å². The molecule has 5 nitrogen and oxygen atoms in total. The van der Waals surface area contributed by atoms with Gasteiger partial charge in [0.1, 0.15) is 7.93 Å². The molecule has 2 rings (SSSR count). The van der Waals surface area contributed by atoms with E-state index in [4.69, 9.17) is 4.74 Å². The first-order valence-electron chi connectivity index (χ1n) is 5.24. The van der Waals surface area contributed by atoms with Crippen molar-refractivity contribution in [3.63, 3.8) is 0 Å². The van der Waals surface area contributed by atoms with E-state index >= 15 is 0 Å². The Morgan fingerprint density at radius 2 is 1.85 bits per heavy atom. The van der Waals surface area contributed by atoms with Crippen LogP contribution in [0.15, 0.2) is 36.1 Å². The molecule has 1 unspecified atom stereocenters. The molecular weight excluding hydrogens is 344 g/mol. The minimum Gasteiger partial charge on any atom is -0.494 e. The first-order chi connectivity index (χ1) is 9.46. The number of methoxy groups -OCH3 is 1. The largest absolute Gasteiger partial charge is 0.494 e. The van der Waals surface area contributed by atoms with Crippen LogP contribution in [0.2, 0.25) is 0 Å². The van der Waals surface area contributed by atoms with E-state index in [2.05, 4.69) is 3.74 Å². The van der Waals surface area contributed by atoms with E-state index < -0.39 is 20.0 Å². The normalized spacial score (nSPS) is 19.6. The number of thioether (sulfide) groups is 1. The molecule has 0 aromatic heterocycles. The molecule has 0 amide bonds. The molecule has 9 heteroatoms. The van der Waals surface area contributed by atoms with Crippen molar-refractivity contribution in [2.45, 2.75) is 0 Å². The molecule has 0 bridgehead atoms. The minimum absolute atomic E-state index is 0.552. The Labute approximate surface area is 129 Å². The van der Waals surface area contributed by atoms with Crippen LogP contribution in [0.1, 0.15) is 5.56 Å². The van der Waals surface area contributed by atoms with Gasteiger partial charge in [-0.15, -0.1) is 11.8 Å². The summed E-state index contributed by atoms with van der Waals surface area (Å²) in [5, 5.41) is 0. The molecule has 1 aromatic rings. The van der Waals surface area contributed by atoms with Crippen molar-refractivity contribution in [3.8, 4) is 0 Å². The molecule has 0 saturated carbocycles. The van der Waals surface area contributed by atoms with Crippen LogP contribution in [0.25, 0.3) is 4.91 Å². The van der Waals surface area contributed by atoms with Gasteiger partial charge in [-0.1, -0.05) is 30.3 Å². The monoisotopic (exact) mass is 354 g/mol. The zero-order valence-electron chi connectivity index (χ0n) is 10.5. The highest BCUT2D eigenvalue weighted by Gasteiger charge is 2.36. The fraction of sp³-hybridized carbons (Fsp3) is 0.182. The van der Waals surface area contributed by atoms with Gasteiger partial charge in [-0.25, -0.2) is 0 Å². The second-order valence-corrected chi connectivity index (χ2v) is 8.67. The maximum absolute atomic E-state index is 10.8. The van der Waals surface area contributed by atoms with E-state index in [1.165, 1.54) is 29.7 Å². The first kappa shape index (κ1) is 16.2. The average molecular weight is 355 g/mol. The van der Waals surface area contributed by atoms with Crippen LogP contribution in [-0.4, -0.2) is 17.6 Å². The SMILES string of the molecule is COC1=C(c2ccccc2)SS(O[Cl+3]([O-])([O-])[O-])=C1SC. The second-order valence-electron chi connectivity index (χ2n) is 3.48. The fourth-order valence-corrected chi connectivity index (χ4v) is 7.90. The predicted molar refractivity (Wildman–Crippen MR) is 75.2 cm³/mol. The number of ether oxygens (including phenoxy) is 1. The van der Waals surface area contributed by atoms with Crippen molar-refractivity contribution in [1.82, 2.24) is 0 Å². The van der Waals surface area contributed by atoms with Gasteiger partial charge >= 0.3 is 0 Å². The van der Waals surface area contributed by atoms with Crippen molar-refractivity contribution in [2.24, 2.45) is 0 Å². The predicted octanol–water partition coefficient (Wildman–Crippen LogP) is 0.254. The molecule has 0 spiro atoms. The van der Waals surface area contributed by atoms with E-state index in [1.54, 1.807) is 6.26 Å². The Bertz CT molecular complexity index is 553. The molecule has 0 saturated heterocycles. The number of halogens is 1. The summed E-state index contributed by atoms with van der Waals surface area (Å²) in [6.07, 6.45) is 1.78. The van der Waals surface area contributed by atoms with Crippen LogP contribution in [0, 0.1) is 10.2 Å². The lowest BCUT2D eigenvalue weighted by Gasteiger charge is -2.12. The second kappa shape index (κ2) is 6.71. The van der Waals surface area contributed by atoms with Crippen molar-refractivity contribution >= 4 is 41.5 Å².